The fourth-order valence-corrected chi connectivity index (χ4v) is 10.6. The highest BCUT2D eigenvalue weighted by molar-refractivity contribution is 7.48. The van der Waals surface area contributed by atoms with Crippen molar-refractivity contribution in [1.29, 1.82) is 0 Å². The van der Waals surface area contributed by atoms with Gasteiger partial charge >= 0.3 is 51.6 Å². The normalized spacial score (nSPS) is 25.4. The van der Waals surface area contributed by atoms with Gasteiger partial charge in [0.25, 0.3) is 11.1 Å². The minimum Gasteiger partial charge on any atom is -0.432 e. The van der Waals surface area contributed by atoms with Gasteiger partial charge in [0.15, 0.2) is 24.3 Å². The number of nitrogens with zero attached hydrogens (tertiary/aromatic N) is 2. The molecular formula is C45H66F2N4O34P2. The van der Waals surface area contributed by atoms with Crippen molar-refractivity contribution in [2.24, 2.45) is 0 Å². The standard InChI is InChI=1S/C25H36FN2O17P.C20H30FN2O17P/c1-23-18(42-24(44-23)7-4-5-8-24)25(14-26,43-19(23)28-9-6-17(29)27-20(28)30)45-46(33,40-15-38-21(31)36-12-10-34-2)41-16-39-22(32)37-13-11-35-3;1-19(29)14(25)20(10-21,39-15(19)23-5-4-13(24)22-16(23)26)40-41(30,37-11-35-17(27)33-8-6-31-2)38-12-36-18(28)34-9-7-32-3/h6,9,18-19H,4-5,7-8,10-16H2,1-3H3,(H,27,29,30);4-5,14-15,25,29H,6-12H2,1-3H3,(H,22,24,26)/t18-,19+,23+,25+;14-,15+,19+,20+/m00/s1. The van der Waals surface area contributed by atoms with Gasteiger partial charge < -0.3 is 86.0 Å². The van der Waals surface area contributed by atoms with Gasteiger partial charge in [-0.15, -0.1) is 0 Å². The van der Waals surface area contributed by atoms with E-state index in [4.69, 9.17) is 74.5 Å². The summed E-state index contributed by atoms with van der Waals surface area (Å²) in [6.45, 7) is -6.31. The summed E-state index contributed by atoms with van der Waals surface area (Å²) in [7, 11) is -4.97. The van der Waals surface area contributed by atoms with Crippen LogP contribution < -0.4 is 22.5 Å². The molecule has 494 valence electrons. The molecule has 1 spiro atoms. The van der Waals surface area contributed by atoms with E-state index in [1.54, 1.807) is 0 Å². The number of hydrogen-bond donors (Lipinski definition) is 4. The highest BCUT2D eigenvalue weighted by Crippen LogP contribution is 2.64. The van der Waals surface area contributed by atoms with Gasteiger partial charge in [0, 0.05) is 65.8 Å². The van der Waals surface area contributed by atoms with E-state index >= 15 is 4.39 Å². The number of nitrogens with one attached hydrogen (secondary N) is 2. The maximum Gasteiger partial charge on any atom is 0.510 e. The summed E-state index contributed by atoms with van der Waals surface area (Å²) in [5.41, 5.74) is -7.78. The van der Waals surface area contributed by atoms with Crippen LogP contribution in [0.25, 0.3) is 0 Å². The number of carbonyl (C=O) groups is 4. The molecule has 0 radical (unpaired) electrons. The van der Waals surface area contributed by atoms with Crippen molar-refractivity contribution in [2.45, 2.75) is 92.8 Å². The third kappa shape index (κ3) is 19.1. The maximum atomic E-state index is 15.3. The monoisotopic (exact) mass is 1310 g/mol. The second kappa shape index (κ2) is 32.6. The Balaban J connectivity index is 0.000000320. The summed E-state index contributed by atoms with van der Waals surface area (Å²) < 4.78 is 169. The first-order valence-electron chi connectivity index (χ1n) is 25.5. The second-order valence-electron chi connectivity index (χ2n) is 18.4. The summed E-state index contributed by atoms with van der Waals surface area (Å²) in [5, 5.41) is 21.7. The average molecular weight is 1310 g/mol. The van der Waals surface area contributed by atoms with Gasteiger partial charge in [-0.25, -0.2) is 73.8 Å². The van der Waals surface area contributed by atoms with Gasteiger partial charge in [0.05, 0.1) is 26.4 Å². The van der Waals surface area contributed by atoms with E-state index in [9.17, 15) is 62.1 Å². The molecule has 0 bridgehead atoms. The average Bonchev–Trinajstić information content (AvgIpc) is 1.56. The molecule has 8 atom stereocenters. The number of fused-ring (bicyclic) bond motifs is 1. The molecule has 2 aromatic rings. The number of H-pyrrole nitrogens is 2. The predicted molar refractivity (Wildman–Crippen MR) is 271 cm³/mol. The Kier molecular flexibility index (Phi) is 26.9. The van der Waals surface area contributed by atoms with Crippen molar-refractivity contribution < 1.29 is 150 Å². The Labute approximate surface area is 489 Å². The van der Waals surface area contributed by atoms with Crippen molar-refractivity contribution >= 4 is 40.3 Å². The Morgan fingerprint density at radius 3 is 1.29 bits per heavy atom. The van der Waals surface area contributed by atoms with E-state index < -0.39 is 157 Å². The molecule has 1 saturated carbocycles. The maximum absolute atomic E-state index is 15.3. The Morgan fingerprint density at radius 2 is 0.931 bits per heavy atom. The number of phosphoric acid groups is 2. The number of aliphatic hydroxyl groups excluding tert-OH is 1. The smallest absolute Gasteiger partial charge is 0.432 e. The van der Waals surface area contributed by atoms with Crippen LogP contribution in [-0.2, 0) is 112 Å². The number of alkyl halides is 2. The molecule has 6 rings (SSSR count). The number of aromatic amines is 2. The Bertz CT molecular complexity index is 2860. The molecule has 1 aliphatic carbocycles. The number of methoxy groups -OCH3 is 4. The van der Waals surface area contributed by atoms with Crippen LogP contribution >= 0.6 is 15.6 Å². The van der Waals surface area contributed by atoms with Crippen LogP contribution in [0, 0.1) is 0 Å². The lowest BCUT2D eigenvalue weighted by molar-refractivity contribution is -0.294. The molecular weight excluding hydrogens is 1240 g/mol. The van der Waals surface area contributed by atoms with Crippen LogP contribution in [0.15, 0.2) is 43.7 Å². The topological polar surface area (TPSA) is 456 Å². The molecule has 42 heteroatoms. The molecule has 0 amide bonds. The first-order valence-corrected chi connectivity index (χ1v) is 28.4. The largest absolute Gasteiger partial charge is 0.510 e. The van der Waals surface area contributed by atoms with Crippen LogP contribution in [-0.4, -0.2) is 217 Å². The number of hydrogen-bond acceptors (Lipinski definition) is 34. The summed E-state index contributed by atoms with van der Waals surface area (Å²) in [6, 6.07) is 1.90. The zero-order chi connectivity index (χ0) is 64.1. The molecule has 3 aliphatic heterocycles. The first-order chi connectivity index (χ1) is 41.3. The molecule has 5 heterocycles. The molecule has 2 aromatic heterocycles. The zero-order valence-corrected chi connectivity index (χ0v) is 49.1. The van der Waals surface area contributed by atoms with E-state index in [2.05, 4.69) is 33.4 Å². The van der Waals surface area contributed by atoms with Gasteiger partial charge in [-0.3, -0.25) is 28.7 Å². The Hall–Kier alpha value is -5.88. The second-order valence-corrected chi connectivity index (χ2v) is 21.6. The van der Waals surface area contributed by atoms with Crippen molar-refractivity contribution in [3.05, 3.63) is 66.2 Å². The van der Waals surface area contributed by atoms with Gasteiger partial charge in [0.1, 0.15) is 57.1 Å². The number of aliphatic hydroxyl groups is 2. The lowest BCUT2D eigenvalue weighted by Crippen LogP contribution is -2.52. The molecule has 38 nitrogen and oxygen atoms in total. The third-order valence-corrected chi connectivity index (χ3v) is 15.1. The molecule has 0 unspecified atom stereocenters. The highest BCUT2D eigenvalue weighted by Gasteiger charge is 2.75. The molecule has 87 heavy (non-hydrogen) atoms. The van der Waals surface area contributed by atoms with Gasteiger partial charge in [-0.2, -0.15) is 0 Å². The number of rotatable bonds is 32. The minimum absolute atomic E-state index is 0.0201. The zero-order valence-electron chi connectivity index (χ0n) is 47.3. The van der Waals surface area contributed by atoms with Gasteiger partial charge in [0.2, 0.25) is 38.7 Å². The summed E-state index contributed by atoms with van der Waals surface area (Å²) >= 11 is 0. The first kappa shape index (κ1) is 71.9. The number of phosphoric ester groups is 2. The quantitative estimate of drug-likeness (QED) is 0.0264. The number of carbonyl (C=O) groups excluding carboxylic acids is 4. The van der Waals surface area contributed by atoms with Gasteiger partial charge in [-0.05, 0) is 26.7 Å². The minimum atomic E-state index is -5.25. The SMILES string of the molecule is COCCOC(=O)OCOP(=O)(OCOC(=O)OCCOC)O[C@@]1(CF)O[C@@H](n2ccc(=O)[nH]c2=O)[C@](C)(O)[C@@H]1O.COCCOC(=O)OCOP(=O)(OCOC(=O)OCCOC)O[C@@]1(CF)O[C@@H](n2ccc(=O)[nH]c2=O)[C@]2(C)OC3(CCCC3)O[C@H]12. The fourth-order valence-electron chi connectivity index (χ4n) is 8.38. The Morgan fingerprint density at radius 1 is 0.575 bits per heavy atom. The number of halogens is 2. The number of ether oxygens (including phenoxy) is 16. The van der Waals surface area contributed by atoms with E-state index in [0.717, 1.165) is 36.0 Å². The summed E-state index contributed by atoms with van der Waals surface area (Å²) in [4.78, 5) is 99.2. The van der Waals surface area contributed by atoms with E-state index in [-0.39, 0.29) is 52.9 Å². The molecule has 3 saturated heterocycles. The van der Waals surface area contributed by atoms with Crippen molar-refractivity contribution in [3.8, 4) is 0 Å². The van der Waals surface area contributed by atoms with Crippen LogP contribution in [0.4, 0.5) is 28.0 Å². The van der Waals surface area contributed by atoms with Crippen LogP contribution in [0.3, 0.4) is 0 Å². The van der Waals surface area contributed by atoms with E-state index in [1.807, 2.05) is 4.98 Å². The molecule has 4 fully saturated rings. The van der Waals surface area contributed by atoms with Gasteiger partial charge in [-0.1, -0.05) is 0 Å². The van der Waals surface area contributed by atoms with E-state index in [0.29, 0.717) is 30.3 Å². The highest BCUT2D eigenvalue weighted by atomic mass is 31.2. The van der Waals surface area contributed by atoms with E-state index in [1.165, 1.54) is 35.4 Å². The van der Waals surface area contributed by atoms with Crippen molar-refractivity contribution in [1.82, 2.24) is 19.1 Å². The summed E-state index contributed by atoms with van der Waals surface area (Å²) in [6.07, 6.45) is -8.30. The molecule has 0 aromatic carbocycles. The lowest BCUT2D eigenvalue weighted by atomic mass is 9.95. The summed E-state index contributed by atoms with van der Waals surface area (Å²) in [5.74, 6) is -6.95. The van der Waals surface area contributed by atoms with Crippen LogP contribution in [0.2, 0.25) is 0 Å². The fraction of sp³-hybridized carbons (Fsp3) is 0.733. The van der Waals surface area contributed by atoms with Crippen LogP contribution in [0.1, 0.15) is 52.0 Å². The third-order valence-electron chi connectivity index (χ3n) is 12.3. The van der Waals surface area contributed by atoms with Crippen molar-refractivity contribution in [2.75, 3.05) is 122 Å². The lowest BCUT2D eigenvalue weighted by Gasteiger charge is -2.34. The predicted octanol–water partition coefficient (Wildman–Crippen LogP) is 1.36. The molecule has 4 aliphatic rings. The molecule has 4 N–H and O–H groups in total. The number of aromatic nitrogens is 4. The van der Waals surface area contributed by atoms with Crippen molar-refractivity contribution in [3.63, 3.8) is 0 Å². The van der Waals surface area contributed by atoms with Crippen LogP contribution in [0.5, 0.6) is 0 Å².